The van der Waals surface area contributed by atoms with Crippen LogP contribution in [-0.4, -0.2) is 32.2 Å². The van der Waals surface area contributed by atoms with Crippen molar-refractivity contribution in [2.45, 2.75) is 44.6 Å². The molecule has 1 aliphatic heterocycles. The van der Waals surface area contributed by atoms with Gasteiger partial charge >= 0.3 is 5.97 Å². The van der Waals surface area contributed by atoms with Gasteiger partial charge in [-0.15, -0.1) is 0 Å². The van der Waals surface area contributed by atoms with Crippen molar-refractivity contribution in [3.8, 4) is 6.07 Å². The van der Waals surface area contributed by atoms with E-state index in [1.165, 1.54) is 32.8 Å². The van der Waals surface area contributed by atoms with E-state index in [1.54, 1.807) is 0 Å². The van der Waals surface area contributed by atoms with Crippen LogP contribution >= 0.6 is 0 Å². The number of nitriles is 1. The molecule has 1 aromatic carbocycles. The summed E-state index contributed by atoms with van der Waals surface area (Å²) in [6.45, 7) is 1.30. The van der Waals surface area contributed by atoms with Gasteiger partial charge in [-0.25, -0.2) is 0 Å². The van der Waals surface area contributed by atoms with Crippen LogP contribution in [0.2, 0.25) is 0 Å². The largest absolute Gasteiger partial charge is 0.468 e. The summed E-state index contributed by atoms with van der Waals surface area (Å²) >= 11 is 0. The lowest BCUT2D eigenvalue weighted by Gasteiger charge is -2.36. The summed E-state index contributed by atoms with van der Waals surface area (Å²) in [7, 11) is 1.34. The number of carbonyl (C=O) groups excluding carboxylic acids is 1. The van der Waals surface area contributed by atoms with Crippen LogP contribution in [-0.2, 0) is 9.53 Å². The Morgan fingerprint density at radius 3 is 2.64 bits per heavy atom. The minimum Gasteiger partial charge on any atom is -0.468 e. The SMILES string of the molecule is COC(=O)C1(C#N)CCN(c2ccc(N)c(NC3CCCC3)c2)CC1. The van der Waals surface area contributed by atoms with Gasteiger partial charge in [0.2, 0.25) is 0 Å². The van der Waals surface area contributed by atoms with E-state index >= 15 is 0 Å². The molecule has 2 fully saturated rings. The highest BCUT2D eigenvalue weighted by molar-refractivity contribution is 5.80. The molecule has 3 N–H and O–H groups in total. The normalized spacial score (nSPS) is 20.1. The summed E-state index contributed by atoms with van der Waals surface area (Å²) in [6, 6.07) is 8.70. The van der Waals surface area contributed by atoms with Crippen molar-refractivity contribution in [1.29, 1.82) is 5.26 Å². The Kier molecular flexibility index (Phi) is 5.03. The predicted molar refractivity (Wildman–Crippen MR) is 98.2 cm³/mol. The van der Waals surface area contributed by atoms with Gasteiger partial charge in [0.1, 0.15) is 0 Å². The van der Waals surface area contributed by atoms with Crippen molar-refractivity contribution in [3.05, 3.63) is 18.2 Å². The second-order valence-electron chi connectivity index (χ2n) is 7.07. The van der Waals surface area contributed by atoms with Gasteiger partial charge in [0, 0.05) is 24.8 Å². The summed E-state index contributed by atoms with van der Waals surface area (Å²) in [5.41, 5.74) is 7.94. The molecule has 0 radical (unpaired) electrons. The smallest absolute Gasteiger partial charge is 0.326 e. The first-order valence-corrected chi connectivity index (χ1v) is 8.99. The highest BCUT2D eigenvalue weighted by Gasteiger charge is 2.43. The van der Waals surface area contributed by atoms with Gasteiger partial charge in [-0.05, 0) is 43.9 Å². The summed E-state index contributed by atoms with van der Waals surface area (Å²) < 4.78 is 4.83. The Labute approximate surface area is 148 Å². The molecule has 2 aliphatic rings. The molecule has 0 atom stereocenters. The monoisotopic (exact) mass is 342 g/mol. The summed E-state index contributed by atoms with van der Waals surface area (Å²) in [6.07, 6.45) is 5.88. The van der Waals surface area contributed by atoms with E-state index in [4.69, 9.17) is 10.5 Å². The van der Waals surface area contributed by atoms with Crippen LogP contribution in [0.15, 0.2) is 18.2 Å². The first kappa shape index (κ1) is 17.4. The van der Waals surface area contributed by atoms with E-state index in [1.807, 2.05) is 12.1 Å². The molecular weight excluding hydrogens is 316 g/mol. The second kappa shape index (κ2) is 7.22. The number of nitrogens with one attached hydrogen (secondary N) is 1. The Bertz CT molecular complexity index is 668. The summed E-state index contributed by atoms with van der Waals surface area (Å²) in [5.74, 6) is -0.421. The van der Waals surface area contributed by atoms with E-state index in [0.29, 0.717) is 32.0 Å². The van der Waals surface area contributed by atoms with Crippen molar-refractivity contribution in [3.63, 3.8) is 0 Å². The van der Waals surface area contributed by atoms with Gasteiger partial charge in [-0.3, -0.25) is 4.79 Å². The number of ether oxygens (including phenoxy) is 1. The minimum atomic E-state index is -1.01. The van der Waals surface area contributed by atoms with Gasteiger partial charge in [-0.1, -0.05) is 12.8 Å². The molecule has 6 heteroatoms. The van der Waals surface area contributed by atoms with Crippen molar-refractivity contribution < 1.29 is 9.53 Å². The third-order valence-electron chi connectivity index (χ3n) is 5.52. The number of methoxy groups -OCH3 is 1. The molecule has 0 spiro atoms. The van der Waals surface area contributed by atoms with Crippen molar-refractivity contribution in [2.24, 2.45) is 5.41 Å². The number of piperidine rings is 1. The van der Waals surface area contributed by atoms with Crippen molar-refractivity contribution in [2.75, 3.05) is 36.1 Å². The van der Waals surface area contributed by atoms with Gasteiger partial charge < -0.3 is 20.7 Å². The van der Waals surface area contributed by atoms with E-state index in [-0.39, 0.29) is 0 Å². The summed E-state index contributed by atoms with van der Waals surface area (Å²) in [4.78, 5) is 14.2. The van der Waals surface area contributed by atoms with Crippen molar-refractivity contribution in [1.82, 2.24) is 0 Å². The number of rotatable bonds is 4. The van der Waals surface area contributed by atoms with E-state index in [2.05, 4.69) is 22.4 Å². The van der Waals surface area contributed by atoms with Gasteiger partial charge in [-0.2, -0.15) is 5.26 Å². The lowest BCUT2D eigenvalue weighted by molar-refractivity contribution is -0.150. The maximum Gasteiger partial charge on any atom is 0.326 e. The topological polar surface area (TPSA) is 91.4 Å². The lowest BCUT2D eigenvalue weighted by Crippen LogP contribution is -2.44. The zero-order valence-electron chi connectivity index (χ0n) is 14.8. The molecule has 1 saturated carbocycles. The Morgan fingerprint density at radius 2 is 2.04 bits per heavy atom. The average molecular weight is 342 g/mol. The number of nitrogens with zero attached hydrogens (tertiary/aromatic N) is 2. The first-order valence-electron chi connectivity index (χ1n) is 8.99. The third kappa shape index (κ3) is 3.51. The van der Waals surface area contributed by atoms with Crippen LogP contribution in [0.3, 0.4) is 0 Å². The molecule has 0 bridgehead atoms. The molecule has 0 aromatic heterocycles. The van der Waals surface area contributed by atoms with Crippen LogP contribution < -0.4 is 16.0 Å². The first-order chi connectivity index (χ1) is 12.1. The maximum atomic E-state index is 12.0. The number of anilines is 3. The maximum absolute atomic E-state index is 12.0. The van der Waals surface area contributed by atoms with Crippen LogP contribution in [0.1, 0.15) is 38.5 Å². The zero-order chi connectivity index (χ0) is 17.9. The number of esters is 1. The molecule has 0 amide bonds. The van der Waals surface area contributed by atoms with Crippen LogP contribution in [0.5, 0.6) is 0 Å². The Balaban J connectivity index is 1.71. The highest BCUT2D eigenvalue weighted by Crippen LogP contribution is 2.36. The number of nitrogen functional groups attached to an aromatic ring is 1. The fourth-order valence-electron chi connectivity index (χ4n) is 3.86. The molecule has 1 heterocycles. The quantitative estimate of drug-likeness (QED) is 0.646. The summed E-state index contributed by atoms with van der Waals surface area (Å²) in [5, 5.41) is 13.0. The molecule has 6 nitrogen and oxygen atoms in total. The van der Waals surface area contributed by atoms with E-state index < -0.39 is 11.4 Å². The standard InChI is InChI=1S/C19H26N4O2/c1-25-18(24)19(13-20)8-10-23(11-9-19)15-6-7-16(21)17(12-15)22-14-4-2-3-5-14/h6-7,12,14,22H,2-5,8-11,21H2,1H3. The average Bonchev–Trinajstić information content (AvgIpc) is 3.16. The fraction of sp³-hybridized carbons (Fsp3) is 0.579. The minimum absolute atomic E-state index is 0.421. The highest BCUT2D eigenvalue weighted by atomic mass is 16.5. The molecule has 1 aromatic rings. The number of hydrogen-bond donors (Lipinski definition) is 2. The molecule has 25 heavy (non-hydrogen) atoms. The number of carbonyl (C=O) groups is 1. The number of benzene rings is 1. The molecule has 1 saturated heterocycles. The second-order valence-corrected chi connectivity index (χ2v) is 7.07. The van der Waals surface area contributed by atoms with Gasteiger partial charge in [0.25, 0.3) is 0 Å². The predicted octanol–water partition coefficient (Wildman–Crippen LogP) is 2.91. The molecule has 1 aliphatic carbocycles. The van der Waals surface area contributed by atoms with Crippen LogP contribution in [0.25, 0.3) is 0 Å². The molecular formula is C19H26N4O2. The third-order valence-corrected chi connectivity index (χ3v) is 5.52. The van der Waals surface area contributed by atoms with Crippen LogP contribution in [0, 0.1) is 16.7 Å². The molecule has 3 rings (SSSR count). The molecule has 0 unspecified atom stereocenters. The fourth-order valence-corrected chi connectivity index (χ4v) is 3.86. The Hall–Kier alpha value is -2.42. The number of hydrogen-bond acceptors (Lipinski definition) is 6. The Morgan fingerprint density at radius 1 is 1.36 bits per heavy atom. The van der Waals surface area contributed by atoms with Crippen LogP contribution in [0.4, 0.5) is 17.1 Å². The lowest BCUT2D eigenvalue weighted by atomic mass is 9.79. The van der Waals surface area contributed by atoms with Gasteiger partial charge in [0.15, 0.2) is 5.41 Å². The molecule has 134 valence electrons. The van der Waals surface area contributed by atoms with Crippen molar-refractivity contribution >= 4 is 23.0 Å². The van der Waals surface area contributed by atoms with E-state index in [9.17, 15) is 10.1 Å². The number of nitrogens with two attached hydrogens (primary N) is 1. The van der Waals surface area contributed by atoms with Gasteiger partial charge in [0.05, 0.1) is 24.6 Å². The zero-order valence-corrected chi connectivity index (χ0v) is 14.8. The van der Waals surface area contributed by atoms with E-state index in [0.717, 1.165) is 17.1 Å².